The number of nitro benzene ring substituents is 1. The third kappa shape index (κ3) is 6.98. The molecule has 10 nitrogen and oxygen atoms in total. The summed E-state index contributed by atoms with van der Waals surface area (Å²) in [4.78, 5) is 46.1. The first kappa shape index (κ1) is 29.2. The Hall–Kier alpha value is -5.25. The lowest BCUT2D eigenvalue weighted by molar-refractivity contribution is -0.384. The van der Waals surface area contributed by atoms with Crippen molar-refractivity contribution in [3.05, 3.63) is 118 Å². The lowest BCUT2D eigenvalue weighted by atomic mass is 10.00. The number of fused-ring (bicyclic) bond motifs is 1. The Labute approximate surface area is 250 Å². The smallest absolute Gasteiger partial charge is 0.294 e. The van der Waals surface area contributed by atoms with Crippen LogP contribution in [0.2, 0.25) is 0 Å². The fourth-order valence-corrected chi connectivity index (χ4v) is 5.48. The van der Waals surface area contributed by atoms with Crippen LogP contribution in [0, 0.1) is 10.1 Å². The molecule has 43 heavy (non-hydrogen) atoms. The maximum Gasteiger partial charge on any atom is 0.294 e. The molecule has 0 aliphatic carbocycles. The minimum atomic E-state index is -0.821. The van der Waals surface area contributed by atoms with Gasteiger partial charge in [-0.05, 0) is 40.8 Å². The second-order valence-electron chi connectivity index (χ2n) is 10.7. The first-order chi connectivity index (χ1) is 20.8. The maximum absolute atomic E-state index is 13.8. The van der Waals surface area contributed by atoms with Crippen molar-refractivity contribution in [3.63, 3.8) is 0 Å². The summed E-state index contributed by atoms with van der Waals surface area (Å²) >= 11 is 0. The molecule has 3 N–H and O–H groups in total. The molecule has 1 aliphatic heterocycles. The van der Waals surface area contributed by atoms with E-state index in [2.05, 4.69) is 10.3 Å². The molecule has 1 aliphatic rings. The number of nitro groups is 1. The van der Waals surface area contributed by atoms with Gasteiger partial charge in [-0.2, -0.15) is 0 Å². The van der Waals surface area contributed by atoms with Crippen LogP contribution >= 0.6 is 0 Å². The third-order valence-corrected chi connectivity index (χ3v) is 7.67. The molecule has 1 heterocycles. The summed E-state index contributed by atoms with van der Waals surface area (Å²) in [5.74, 6) is -0.535. The number of amides is 2. The van der Waals surface area contributed by atoms with Crippen molar-refractivity contribution in [3.8, 4) is 0 Å². The summed E-state index contributed by atoms with van der Waals surface area (Å²) in [5.41, 5.74) is 8.15. The molecule has 0 spiro atoms. The molecule has 5 rings (SSSR count). The van der Waals surface area contributed by atoms with Crippen molar-refractivity contribution < 1.29 is 14.5 Å². The highest BCUT2D eigenvalue weighted by atomic mass is 16.6. The van der Waals surface area contributed by atoms with Crippen molar-refractivity contribution in [2.24, 2.45) is 10.7 Å². The Bertz CT molecular complexity index is 1660. The SMILES string of the molecule is CN(Cc1ccccc1)C(=O)[C@H](Cc1ccc2ccccc2c1)NC(=O)[C@@H]1CCCN1C(N)=Nc1ccccc1[N+](=O)[O-]. The maximum atomic E-state index is 13.8. The lowest BCUT2D eigenvalue weighted by Crippen LogP contribution is -2.54. The number of nitrogens with zero attached hydrogens (tertiary/aromatic N) is 4. The number of nitrogens with one attached hydrogen (secondary N) is 1. The van der Waals surface area contributed by atoms with Gasteiger partial charge in [0.05, 0.1) is 4.92 Å². The zero-order valence-corrected chi connectivity index (χ0v) is 23.9. The molecule has 0 aromatic heterocycles. The molecule has 0 saturated carbocycles. The number of para-hydroxylation sites is 2. The number of likely N-dealkylation sites (N-methyl/N-ethyl adjacent to an activating group) is 1. The minimum Gasteiger partial charge on any atom is -0.369 e. The van der Waals surface area contributed by atoms with E-state index in [-0.39, 0.29) is 29.1 Å². The van der Waals surface area contributed by atoms with Gasteiger partial charge in [0.1, 0.15) is 17.8 Å². The molecule has 1 saturated heterocycles. The van der Waals surface area contributed by atoms with E-state index in [4.69, 9.17) is 5.73 Å². The molecule has 220 valence electrons. The van der Waals surface area contributed by atoms with Crippen LogP contribution in [-0.2, 0) is 22.6 Å². The van der Waals surface area contributed by atoms with Crippen molar-refractivity contribution in [2.75, 3.05) is 13.6 Å². The summed E-state index contributed by atoms with van der Waals surface area (Å²) in [6, 6.07) is 28.3. The zero-order valence-electron chi connectivity index (χ0n) is 23.9. The lowest BCUT2D eigenvalue weighted by Gasteiger charge is -2.29. The van der Waals surface area contributed by atoms with Crippen LogP contribution in [0.15, 0.2) is 102 Å². The largest absolute Gasteiger partial charge is 0.369 e. The molecule has 0 bridgehead atoms. The number of guanidine groups is 1. The van der Waals surface area contributed by atoms with Crippen molar-refractivity contribution >= 4 is 39.9 Å². The van der Waals surface area contributed by atoms with E-state index < -0.39 is 17.0 Å². The second-order valence-corrected chi connectivity index (χ2v) is 10.7. The van der Waals surface area contributed by atoms with E-state index >= 15 is 0 Å². The van der Waals surface area contributed by atoms with Crippen LogP contribution in [0.4, 0.5) is 11.4 Å². The number of nitrogens with two attached hydrogens (primary N) is 1. The second kappa shape index (κ2) is 13.2. The minimum absolute atomic E-state index is 0.0190. The molecule has 1 fully saturated rings. The first-order valence-corrected chi connectivity index (χ1v) is 14.2. The number of rotatable bonds is 9. The monoisotopic (exact) mass is 578 g/mol. The molecule has 2 amide bonds. The van der Waals surface area contributed by atoms with Gasteiger partial charge < -0.3 is 20.9 Å². The van der Waals surface area contributed by atoms with Gasteiger partial charge in [-0.1, -0.05) is 84.9 Å². The Morgan fingerprint density at radius 1 is 1.00 bits per heavy atom. The number of carbonyl (C=O) groups excluding carboxylic acids is 2. The van der Waals surface area contributed by atoms with Crippen molar-refractivity contribution in [1.82, 2.24) is 15.1 Å². The number of benzene rings is 4. The third-order valence-electron chi connectivity index (χ3n) is 7.67. The molecular weight excluding hydrogens is 544 g/mol. The standard InChI is InChI=1S/C33H34N6O4/c1-37(22-23-10-3-2-4-11-23)32(41)28(21-24-17-18-25-12-5-6-13-26(25)20-24)35-31(40)30-16-9-19-38(30)33(34)36-27-14-7-8-15-29(27)39(42)43/h2-8,10-15,17-18,20,28,30H,9,16,19,21-22H2,1H3,(H2,34,36)(H,35,40)/t28-,30-/m0/s1. The van der Waals surface area contributed by atoms with Gasteiger partial charge in [-0.25, -0.2) is 4.99 Å². The Morgan fingerprint density at radius 2 is 1.70 bits per heavy atom. The summed E-state index contributed by atoms with van der Waals surface area (Å²) < 4.78 is 0. The summed E-state index contributed by atoms with van der Waals surface area (Å²) in [6.45, 7) is 0.861. The fraction of sp³-hybridized carbons (Fsp3) is 0.242. The van der Waals surface area contributed by atoms with Crippen LogP contribution in [0.25, 0.3) is 10.8 Å². The molecule has 2 atom stereocenters. The number of likely N-dealkylation sites (tertiary alicyclic amines) is 1. The molecule has 4 aromatic carbocycles. The van der Waals surface area contributed by atoms with Crippen LogP contribution in [0.3, 0.4) is 0 Å². The fourth-order valence-electron chi connectivity index (χ4n) is 5.48. The predicted molar refractivity (Wildman–Crippen MR) is 167 cm³/mol. The van der Waals surface area contributed by atoms with Gasteiger partial charge in [0.15, 0.2) is 5.96 Å². The Balaban J connectivity index is 1.38. The van der Waals surface area contributed by atoms with E-state index in [0.29, 0.717) is 32.4 Å². The number of carbonyl (C=O) groups is 2. The van der Waals surface area contributed by atoms with E-state index in [1.807, 2.05) is 72.8 Å². The van der Waals surface area contributed by atoms with Crippen molar-refractivity contribution in [1.29, 1.82) is 0 Å². The summed E-state index contributed by atoms with van der Waals surface area (Å²) in [5, 5.41) is 16.6. The number of hydrogen-bond donors (Lipinski definition) is 2. The molecular formula is C33H34N6O4. The van der Waals surface area contributed by atoms with Gasteiger partial charge in [0.25, 0.3) is 5.69 Å². The highest BCUT2D eigenvalue weighted by Gasteiger charge is 2.35. The van der Waals surface area contributed by atoms with Gasteiger partial charge in [-0.15, -0.1) is 0 Å². The normalized spacial score (nSPS) is 15.7. The van der Waals surface area contributed by atoms with E-state index in [1.54, 1.807) is 29.0 Å². The van der Waals surface area contributed by atoms with Crippen LogP contribution in [0.5, 0.6) is 0 Å². The highest BCUT2D eigenvalue weighted by Crippen LogP contribution is 2.27. The van der Waals surface area contributed by atoms with Crippen LogP contribution < -0.4 is 11.1 Å². The van der Waals surface area contributed by atoms with Crippen LogP contribution in [-0.4, -0.2) is 58.2 Å². The van der Waals surface area contributed by atoms with Crippen LogP contribution in [0.1, 0.15) is 24.0 Å². The van der Waals surface area contributed by atoms with E-state index in [1.165, 1.54) is 12.1 Å². The van der Waals surface area contributed by atoms with Gasteiger partial charge in [0, 0.05) is 32.6 Å². The Kier molecular flexibility index (Phi) is 8.95. The topological polar surface area (TPSA) is 134 Å². The summed E-state index contributed by atoms with van der Waals surface area (Å²) in [6.07, 6.45) is 1.50. The van der Waals surface area contributed by atoms with Gasteiger partial charge >= 0.3 is 0 Å². The van der Waals surface area contributed by atoms with E-state index in [0.717, 1.165) is 21.9 Å². The molecule has 10 heteroatoms. The average Bonchev–Trinajstić information content (AvgIpc) is 3.52. The van der Waals surface area contributed by atoms with E-state index in [9.17, 15) is 19.7 Å². The van der Waals surface area contributed by atoms with Crippen molar-refractivity contribution in [2.45, 2.75) is 37.9 Å². The molecule has 0 unspecified atom stereocenters. The summed E-state index contributed by atoms with van der Waals surface area (Å²) in [7, 11) is 1.73. The quantitative estimate of drug-likeness (QED) is 0.130. The number of aliphatic imine (C=N–C) groups is 1. The molecule has 4 aromatic rings. The molecule has 0 radical (unpaired) electrons. The highest BCUT2D eigenvalue weighted by molar-refractivity contribution is 5.94. The predicted octanol–water partition coefficient (Wildman–Crippen LogP) is 4.54. The zero-order chi connectivity index (χ0) is 30.3. The average molecular weight is 579 g/mol. The first-order valence-electron chi connectivity index (χ1n) is 14.2. The number of hydrogen-bond acceptors (Lipinski definition) is 5. The Morgan fingerprint density at radius 3 is 2.47 bits per heavy atom. The van der Waals surface area contributed by atoms with Gasteiger partial charge in [0.2, 0.25) is 11.8 Å². The van der Waals surface area contributed by atoms with Gasteiger partial charge in [-0.3, -0.25) is 19.7 Å².